The van der Waals surface area contributed by atoms with E-state index in [9.17, 15) is 9.59 Å². The van der Waals surface area contributed by atoms with E-state index in [1.54, 1.807) is 0 Å². The van der Waals surface area contributed by atoms with Crippen molar-refractivity contribution >= 4 is 17.6 Å². The van der Waals surface area contributed by atoms with E-state index in [0.29, 0.717) is 6.61 Å². The lowest BCUT2D eigenvalue weighted by Gasteiger charge is -2.23. The molecule has 0 aromatic heterocycles. The molecule has 5 rings (SSSR count). The summed E-state index contributed by atoms with van der Waals surface area (Å²) >= 11 is 0. The predicted molar refractivity (Wildman–Crippen MR) is 98.9 cm³/mol. The van der Waals surface area contributed by atoms with Crippen LogP contribution in [-0.2, 0) is 20.9 Å². The summed E-state index contributed by atoms with van der Waals surface area (Å²) in [4.78, 5) is 24.9. The number of carbonyl (C=O) groups is 2. The number of nitrogens with one attached hydrogen (secondary N) is 1. The van der Waals surface area contributed by atoms with Crippen molar-refractivity contribution in [1.29, 1.82) is 0 Å². The highest BCUT2D eigenvalue weighted by Gasteiger charge is 2.63. The van der Waals surface area contributed by atoms with Crippen molar-refractivity contribution in [2.45, 2.75) is 25.6 Å². The number of benzene rings is 2. The van der Waals surface area contributed by atoms with E-state index >= 15 is 0 Å². The van der Waals surface area contributed by atoms with Gasteiger partial charge in [-0.15, -0.1) is 0 Å². The summed E-state index contributed by atoms with van der Waals surface area (Å²) in [5, 5.41) is 2.97. The lowest BCUT2D eigenvalue weighted by Crippen LogP contribution is -2.35. The monoisotopic (exact) mass is 363 g/mol. The van der Waals surface area contributed by atoms with Crippen molar-refractivity contribution in [3.63, 3.8) is 0 Å². The first-order valence-electron chi connectivity index (χ1n) is 9.47. The second-order valence-corrected chi connectivity index (χ2v) is 7.71. The minimum absolute atomic E-state index is 0.0533. The first kappa shape index (κ1) is 16.4. The highest BCUT2D eigenvalue weighted by molar-refractivity contribution is 5.97. The van der Waals surface area contributed by atoms with Gasteiger partial charge >= 0.3 is 5.97 Å². The molecule has 3 fully saturated rings. The SMILES string of the molecule is O=C(Nc1ccc(OCc2ccccc2)cc1)[C@H]1[C@H]2C[C@@H]3[C@@H]1C(=O)O[C@@H]3C2. The van der Waals surface area contributed by atoms with Gasteiger partial charge in [-0.25, -0.2) is 0 Å². The van der Waals surface area contributed by atoms with E-state index in [2.05, 4.69) is 5.32 Å². The molecule has 1 amide bonds. The van der Waals surface area contributed by atoms with Crippen molar-refractivity contribution < 1.29 is 19.1 Å². The lowest BCUT2D eigenvalue weighted by atomic mass is 9.79. The Balaban J connectivity index is 1.21. The van der Waals surface area contributed by atoms with Crippen LogP contribution in [0.25, 0.3) is 0 Å². The largest absolute Gasteiger partial charge is 0.489 e. The number of hydrogen-bond acceptors (Lipinski definition) is 4. The number of rotatable bonds is 5. The van der Waals surface area contributed by atoms with Gasteiger partial charge in [0.15, 0.2) is 0 Å². The zero-order valence-electron chi connectivity index (χ0n) is 14.8. The van der Waals surface area contributed by atoms with Gasteiger partial charge in [0.25, 0.3) is 0 Å². The minimum Gasteiger partial charge on any atom is -0.489 e. The van der Waals surface area contributed by atoms with Crippen LogP contribution in [0.2, 0.25) is 0 Å². The topological polar surface area (TPSA) is 64.6 Å². The summed E-state index contributed by atoms with van der Waals surface area (Å²) in [5.74, 6) is 0.506. The standard InChI is InChI=1S/C22H21NO4/c24-21(19-14-10-17-18(11-14)27-22(25)20(17)19)23-15-6-8-16(9-7-15)26-12-13-4-2-1-3-5-13/h1-9,14,17-20H,10-12H2,(H,23,24)/t14-,17-,18+,19-,20-/m0/s1. The fourth-order valence-corrected chi connectivity index (χ4v) is 4.96. The summed E-state index contributed by atoms with van der Waals surface area (Å²) in [7, 11) is 0. The summed E-state index contributed by atoms with van der Waals surface area (Å²) in [6.07, 6.45) is 1.82. The van der Waals surface area contributed by atoms with Gasteiger partial charge in [0, 0.05) is 11.6 Å². The Hall–Kier alpha value is -2.82. The summed E-state index contributed by atoms with van der Waals surface area (Å²) in [6.45, 7) is 0.503. The Kier molecular flexibility index (Phi) is 3.88. The Bertz CT molecular complexity index is 862. The molecule has 1 heterocycles. The molecule has 2 aliphatic carbocycles. The molecule has 2 aromatic rings. The van der Waals surface area contributed by atoms with Gasteiger partial charge < -0.3 is 14.8 Å². The van der Waals surface area contributed by atoms with Crippen molar-refractivity contribution in [2.24, 2.45) is 23.7 Å². The molecule has 27 heavy (non-hydrogen) atoms. The second kappa shape index (κ2) is 6.41. The Morgan fingerprint density at radius 3 is 2.63 bits per heavy atom. The molecule has 1 saturated heterocycles. The molecule has 1 aliphatic heterocycles. The van der Waals surface area contributed by atoms with E-state index in [4.69, 9.17) is 9.47 Å². The Morgan fingerprint density at radius 2 is 1.85 bits per heavy atom. The fraction of sp³-hybridized carbons (Fsp3) is 0.364. The zero-order chi connectivity index (χ0) is 18.4. The molecule has 0 radical (unpaired) electrons. The van der Waals surface area contributed by atoms with Gasteiger partial charge in [0.1, 0.15) is 18.5 Å². The number of esters is 1. The fourth-order valence-electron chi connectivity index (χ4n) is 4.96. The highest BCUT2D eigenvalue weighted by Crippen LogP contribution is 2.57. The van der Waals surface area contributed by atoms with Crippen LogP contribution in [0.4, 0.5) is 5.69 Å². The van der Waals surface area contributed by atoms with Crippen LogP contribution >= 0.6 is 0 Å². The molecule has 0 spiro atoms. The quantitative estimate of drug-likeness (QED) is 0.827. The predicted octanol–water partition coefficient (Wildman–Crippen LogP) is 3.40. The average molecular weight is 363 g/mol. The molecule has 2 bridgehead atoms. The molecule has 5 nitrogen and oxygen atoms in total. The molecule has 5 heteroatoms. The maximum atomic E-state index is 12.8. The van der Waals surface area contributed by atoms with E-state index in [1.165, 1.54) is 0 Å². The number of ether oxygens (including phenoxy) is 2. The van der Waals surface area contributed by atoms with E-state index in [1.807, 2.05) is 54.6 Å². The van der Waals surface area contributed by atoms with E-state index in [-0.39, 0.29) is 41.7 Å². The molecule has 2 saturated carbocycles. The molecule has 2 aromatic carbocycles. The highest BCUT2D eigenvalue weighted by atomic mass is 16.6. The minimum atomic E-state index is -0.254. The summed E-state index contributed by atoms with van der Waals surface area (Å²) in [5.41, 5.74) is 1.82. The number of carbonyl (C=O) groups excluding carboxylic acids is 2. The molecule has 0 unspecified atom stereocenters. The van der Waals surface area contributed by atoms with E-state index in [0.717, 1.165) is 29.8 Å². The van der Waals surface area contributed by atoms with Crippen LogP contribution in [-0.4, -0.2) is 18.0 Å². The normalized spacial score (nSPS) is 30.2. The van der Waals surface area contributed by atoms with Gasteiger partial charge in [-0.1, -0.05) is 30.3 Å². The molecule has 1 N–H and O–H groups in total. The number of amides is 1. The van der Waals surface area contributed by atoms with Gasteiger partial charge in [-0.3, -0.25) is 9.59 Å². The smallest absolute Gasteiger partial charge is 0.310 e. The Morgan fingerprint density at radius 1 is 1.07 bits per heavy atom. The van der Waals surface area contributed by atoms with Crippen LogP contribution in [0.1, 0.15) is 18.4 Å². The number of hydrogen-bond donors (Lipinski definition) is 1. The lowest BCUT2D eigenvalue weighted by molar-refractivity contribution is -0.145. The maximum absolute atomic E-state index is 12.8. The average Bonchev–Trinajstić information content (AvgIpc) is 3.31. The third-order valence-electron chi connectivity index (χ3n) is 6.16. The van der Waals surface area contributed by atoms with Crippen LogP contribution in [0, 0.1) is 23.7 Å². The van der Waals surface area contributed by atoms with Crippen molar-refractivity contribution in [3.8, 4) is 5.75 Å². The summed E-state index contributed by atoms with van der Waals surface area (Å²) in [6, 6.07) is 17.3. The van der Waals surface area contributed by atoms with Gasteiger partial charge in [-0.2, -0.15) is 0 Å². The molecular weight excluding hydrogens is 342 g/mol. The molecule has 3 aliphatic rings. The first-order chi connectivity index (χ1) is 13.2. The maximum Gasteiger partial charge on any atom is 0.310 e. The Labute approximate surface area is 157 Å². The third-order valence-corrected chi connectivity index (χ3v) is 6.16. The van der Waals surface area contributed by atoms with E-state index < -0.39 is 0 Å². The van der Waals surface area contributed by atoms with Crippen molar-refractivity contribution in [2.75, 3.05) is 5.32 Å². The van der Waals surface area contributed by atoms with Gasteiger partial charge in [-0.05, 0) is 48.6 Å². The van der Waals surface area contributed by atoms with Crippen molar-refractivity contribution in [1.82, 2.24) is 0 Å². The van der Waals surface area contributed by atoms with Crippen LogP contribution in [0.3, 0.4) is 0 Å². The number of anilines is 1. The van der Waals surface area contributed by atoms with Crippen LogP contribution in [0.5, 0.6) is 5.75 Å². The number of fused-ring (bicyclic) bond motifs is 1. The molecular formula is C22H21NO4. The molecule has 5 atom stereocenters. The first-order valence-corrected chi connectivity index (χ1v) is 9.47. The van der Waals surface area contributed by atoms with Crippen LogP contribution in [0.15, 0.2) is 54.6 Å². The summed E-state index contributed by atoms with van der Waals surface area (Å²) < 4.78 is 11.2. The van der Waals surface area contributed by atoms with Gasteiger partial charge in [0.05, 0.1) is 11.8 Å². The van der Waals surface area contributed by atoms with Crippen LogP contribution < -0.4 is 10.1 Å². The second-order valence-electron chi connectivity index (χ2n) is 7.71. The van der Waals surface area contributed by atoms with Gasteiger partial charge in [0.2, 0.25) is 5.91 Å². The molecule has 138 valence electrons. The zero-order valence-corrected chi connectivity index (χ0v) is 14.8. The third kappa shape index (κ3) is 2.87. The van der Waals surface area contributed by atoms with Crippen molar-refractivity contribution in [3.05, 3.63) is 60.2 Å².